The molecule has 0 aromatic heterocycles. The van der Waals surface area contributed by atoms with E-state index >= 15 is 0 Å². The predicted octanol–water partition coefficient (Wildman–Crippen LogP) is 3.17. The lowest BCUT2D eigenvalue weighted by molar-refractivity contribution is 0.0572. The summed E-state index contributed by atoms with van der Waals surface area (Å²) >= 11 is 3.42. The van der Waals surface area contributed by atoms with Crippen molar-refractivity contribution >= 4 is 21.8 Å². The number of ether oxygens (including phenoxy) is 2. The van der Waals surface area contributed by atoms with Crippen LogP contribution in [0.2, 0.25) is 0 Å². The number of carbonyl (C=O) groups excluding carboxylic acids is 1. The third-order valence-electron chi connectivity index (χ3n) is 4.48. The Labute approximate surface area is 164 Å². The van der Waals surface area contributed by atoms with Crippen LogP contribution in [0.5, 0.6) is 11.5 Å². The third kappa shape index (κ3) is 5.34. The number of hydrogen-bond acceptors (Lipinski definition) is 5. The maximum Gasteiger partial charge on any atom is 0.255 e. The molecule has 1 aromatic carbocycles. The fraction of sp³-hybridized carbons (Fsp3) is 0.632. The second kappa shape index (κ2) is 10.1. The summed E-state index contributed by atoms with van der Waals surface area (Å²) in [4.78, 5) is 15.2. The molecule has 0 unspecified atom stereocenters. The first kappa shape index (κ1) is 21.0. The highest BCUT2D eigenvalue weighted by atomic mass is 79.9. The number of hydrogen-bond donors (Lipinski definition) is 2. The second-order valence-corrected chi connectivity index (χ2v) is 7.66. The molecule has 1 fully saturated rings. The average molecular weight is 429 g/mol. The molecule has 6 nitrogen and oxygen atoms in total. The normalized spacial score (nSPS) is 17.3. The molecule has 26 heavy (non-hydrogen) atoms. The summed E-state index contributed by atoms with van der Waals surface area (Å²) in [6.07, 6.45) is 2.76. The van der Waals surface area contributed by atoms with Crippen LogP contribution in [0.1, 0.15) is 43.5 Å². The van der Waals surface area contributed by atoms with Gasteiger partial charge in [-0.15, -0.1) is 0 Å². The van der Waals surface area contributed by atoms with Gasteiger partial charge in [0.2, 0.25) is 0 Å². The number of amides is 1. The molecule has 0 bridgehead atoms. The van der Waals surface area contributed by atoms with Crippen LogP contribution >= 0.6 is 15.9 Å². The lowest BCUT2D eigenvalue weighted by Crippen LogP contribution is -2.51. The SMILES string of the molecule is COCCCOc1cc(C(=O)N(C(C)C)[C@@H]2CCCNC2)c(Br)cc1O. The Morgan fingerprint density at radius 1 is 1.42 bits per heavy atom. The van der Waals surface area contributed by atoms with Crippen LogP contribution in [0.4, 0.5) is 0 Å². The van der Waals surface area contributed by atoms with E-state index in [1.54, 1.807) is 13.2 Å². The van der Waals surface area contributed by atoms with Gasteiger partial charge < -0.3 is 24.8 Å². The zero-order chi connectivity index (χ0) is 19.1. The predicted molar refractivity (Wildman–Crippen MR) is 105 cm³/mol. The Kier molecular flexibility index (Phi) is 8.18. The average Bonchev–Trinajstić information content (AvgIpc) is 2.61. The van der Waals surface area contributed by atoms with E-state index in [9.17, 15) is 9.90 Å². The summed E-state index contributed by atoms with van der Waals surface area (Å²) < 4.78 is 11.2. The number of nitrogens with zero attached hydrogens (tertiary/aromatic N) is 1. The van der Waals surface area contributed by atoms with Gasteiger partial charge >= 0.3 is 0 Å². The van der Waals surface area contributed by atoms with E-state index < -0.39 is 0 Å². The molecule has 146 valence electrons. The molecule has 7 heteroatoms. The first-order valence-electron chi connectivity index (χ1n) is 9.13. The third-order valence-corrected chi connectivity index (χ3v) is 5.14. The number of methoxy groups -OCH3 is 1. The Bertz CT molecular complexity index is 603. The molecule has 1 aliphatic heterocycles. The van der Waals surface area contributed by atoms with Gasteiger partial charge in [0.1, 0.15) is 0 Å². The number of phenols is 1. The summed E-state index contributed by atoms with van der Waals surface area (Å²) in [5.74, 6) is 0.279. The minimum atomic E-state index is -0.0534. The zero-order valence-electron chi connectivity index (χ0n) is 15.8. The molecule has 1 atom stereocenters. The fourth-order valence-corrected chi connectivity index (χ4v) is 3.74. The van der Waals surface area contributed by atoms with Crippen LogP contribution < -0.4 is 10.1 Å². The number of phenolic OH excluding ortho intramolecular Hbond substituents is 1. The van der Waals surface area contributed by atoms with Crippen LogP contribution in [-0.4, -0.2) is 61.4 Å². The van der Waals surface area contributed by atoms with Gasteiger partial charge in [0.25, 0.3) is 5.91 Å². The summed E-state index contributed by atoms with van der Waals surface area (Å²) in [7, 11) is 1.63. The van der Waals surface area contributed by atoms with Crippen molar-refractivity contribution in [1.29, 1.82) is 0 Å². The van der Waals surface area contributed by atoms with Gasteiger partial charge in [-0.3, -0.25) is 4.79 Å². The standard InChI is InChI=1S/C19H29BrN2O4/c1-13(2)22(14-6-4-7-21-12-14)19(24)15-10-18(17(23)11-16(15)20)26-9-5-8-25-3/h10-11,13-14,21,23H,4-9,12H2,1-3H3/t14-/m1/s1. The van der Waals surface area contributed by atoms with Gasteiger partial charge in [-0.05, 0) is 61.3 Å². The molecule has 1 aromatic rings. The lowest BCUT2D eigenvalue weighted by Gasteiger charge is -2.38. The minimum Gasteiger partial charge on any atom is -0.504 e. The Hall–Kier alpha value is -1.31. The van der Waals surface area contributed by atoms with Crippen molar-refractivity contribution in [3.8, 4) is 11.5 Å². The van der Waals surface area contributed by atoms with Crippen LogP contribution in [-0.2, 0) is 4.74 Å². The number of carbonyl (C=O) groups is 1. The quantitative estimate of drug-likeness (QED) is 0.622. The van der Waals surface area contributed by atoms with E-state index in [2.05, 4.69) is 21.2 Å². The van der Waals surface area contributed by atoms with E-state index in [1.807, 2.05) is 18.7 Å². The molecule has 1 saturated heterocycles. The molecule has 0 aliphatic carbocycles. The van der Waals surface area contributed by atoms with E-state index in [4.69, 9.17) is 9.47 Å². The number of benzene rings is 1. The topological polar surface area (TPSA) is 71.0 Å². The van der Waals surface area contributed by atoms with Gasteiger partial charge in [0.15, 0.2) is 11.5 Å². The maximum absolute atomic E-state index is 13.3. The molecule has 0 saturated carbocycles. The first-order chi connectivity index (χ1) is 12.5. The maximum atomic E-state index is 13.3. The molecular weight excluding hydrogens is 400 g/mol. The Balaban J connectivity index is 2.22. The molecule has 2 N–H and O–H groups in total. The molecule has 0 radical (unpaired) electrons. The van der Waals surface area contributed by atoms with Gasteiger partial charge in [0, 0.05) is 43.2 Å². The van der Waals surface area contributed by atoms with Gasteiger partial charge in [-0.25, -0.2) is 0 Å². The zero-order valence-corrected chi connectivity index (χ0v) is 17.3. The van der Waals surface area contributed by atoms with Crippen LogP contribution in [0.25, 0.3) is 0 Å². The van der Waals surface area contributed by atoms with Crippen molar-refractivity contribution in [2.75, 3.05) is 33.4 Å². The largest absolute Gasteiger partial charge is 0.504 e. The summed E-state index contributed by atoms with van der Waals surface area (Å²) in [5.41, 5.74) is 0.504. The van der Waals surface area contributed by atoms with Gasteiger partial charge in [0.05, 0.1) is 12.2 Å². The minimum absolute atomic E-state index is 0.0151. The van der Waals surface area contributed by atoms with Crippen LogP contribution in [0.15, 0.2) is 16.6 Å². The number of nitrogens with one attached hydrogen (secondary N) is 1. The first-order valence-corrected chi connectivity index (χ1v) is 9.92. The number of rotatable bonds is 8. The van der Waals surface area contributed by atoms with Crippen molar-refractivity contribution in [2.24, 2.45) is 0 Å². The molecule has 1 aliphatic rings. The smallest absolute Gasteiger partial charge is 0.255 e. The van der Waals surface area contributed by atoms with Crippen molar-refractivity contribution in [3.05, 3.63) is 22.2 Å². The van der Waals surface area contributed by atoms with Crippen LogP contribution in [0, 0.1) is 0 Å². The van der Waals surface area contributed by atoms with E-state index in [-0.39, 0.29) is 23.7 Å². The van der Waals surface area contributed by atoms with Crippen molar-refractivity contribution < 1.29 is 19.4 Å². The molecule has 1 heterocycles. The van der Waals surface area contributed by atoms with Crippen molar-refractivity contribution in [1.82, 2.24) is 10.2 Å². The summed E-state index contributed by atoms with van der Waals surface area (Å²) in [6, 6.07) is 3.40. The van der Waals surface area contributed by atoms with E-state index in [0.717, 1.165) is 25.9 Å². The lowest BCUT2D eigenvalue weighted by atomic mass is 10.0. The number of piperidine rings is 1. The highest BCUT2D eigenvalue weighted by Gasteiger charge is 2.30. The summed E-state index contributed by atoms with van der Waals surface area (Å²) in [6.45, 7) is 6.86. The fourth-order valence-electron chi connectivity index (χ4n) is 3.24. The van der Waals surface area contributed by atoms with Gasteiger partial charge in [-0.1, -0.05) is 0 Å². The van der Waals surface area contributed by atoms with E-state index in [0.29, 0.717) is 35.4 Å². The van der Waals surface area contributed by atoms with Crippen molar-refractivity contribution in [3.63, 3.8) is 0 Å². The molecule has 2 rings (SSSR count). The summed E-state index contributed by atoms with van der Waals surface area (Å²) in [5, 5.41) is 13.5. The molecular formula is C19H29BrN2O4. The van der Waals surface area contributed by atoms with Crippen LogP contribution in [0.3, 0.4) is 0 Å². The number of aromatic hydroxyl groups is 1. The van der Waals surface area contributed by atoms with E-state index in [1.165, 1.54) is 6.07 Å². The molecule has 1 amide bonds. The molecule has 0 spiro atoms. The monoisotopic (exact) mass is 428 g/mol. The second-order valence-electron chi connectivity index (χ2n) is 6.80. The Morgan fingerprint density at radius 3 is 2.81 bits per heavy atom. The highest BCUT2D eigenvalue weighted by molar-refractivity contribution is 9.10. The highest BCUT2D eigenvalue weighted by Crippen LogP contribution is 2.34. The van der Waals surface area contributed by atoms with Crippen molar-refractivity contribution in [2.45, 2.75) is 45.2 Å². The number of halogens is 1. The van der Waals surface area contributed by atoms with Gasteiger partial charge in [-0.2, -0.15) is 0 Å². The Morgan fingerprint density at radius 2 is 2.19 bits per heavy atom.